The van der Waals surface area contributed by atoms with Crippen molar-refractivity contribution in [2.45, 2.75) is 6.04 Å². The largest absolute Gasteiger partial charge is 0.473 e. The average molecular weight is 426 g/mol. The molecule has 160 valence electrons. The maximum absolute atomic E-state index is 5.78. The minimum Gasteiger partial charge on any atom is -0.473 e. The highest BCUT2D eigenvalue weighted by Gasteiger charge is 2.23. The van der Waals surface area contributed by atoms with Crippen LogP contribution in [0.3, 0.4) is 0 Å². The van der Waals surface area contributed by atoms with Crippen molar-refractivity contribution < 1.29 is 9.47 Å². The molecule has 2 aliphatic heterocycles. The van der Waals surface area contributed by atoms with Crippen molar-refractivity contribution in [3.05, 3.63) is 72.6 Å². The van der Waals surface area contributed by atoms with Crippen LogP contribution in [0.4, 0.5) is 5.69 Å². The summed E-state index contributed by atoms with van der Waals surface area (Å²) in [5, 5.41) is 1.05. The SMILES string of the molecule is c1ccc([C@@H]2COC(c3ncc(-c4c[nH]c5ncc(N6CCOCC6)cc45)cn3)=N2)cc1. The highest BCUT2D eigenvalue weighted by atomic mass is 16.5. The first-order valence-corrected chi connectivity index (χ1v) is 10.7. The zero-order chi connectivity index (χ0) is 21.3. The molecule has 0 radical (unpaired) electrons. The minimum absolute atomic E-state index is 0.0206. The molecule has 6 rings (SSSR count). The van der Waals surface area contributed by atoms with Crippen LogP contribution >= 0.6 is 0 Å². The van der Waals surface area contributed by atoms with Gasteiger partial charge in [-0.3, -0.25) is 0 Å². The Labute approximate surface area is 185 Å². The monoisotopic (exact) mass is 426 g/mol. The molecule has 32 heavy (non-hydrogen) atoms. The summed E-state index contributed by atoms with van der Waals surface area (Å²) in [5.74, 6) is 0.986. The van der Waals surface area contributed by atoms with Crippen molar-refractivity contribution in [3.63, 3.8) is 0 Å². The van der Waals surface area contributed by atoms with Gasteiger partial charge in [0.15, 0.2) is 0 Å². The number of nitrogens with zero attached hydrogens (tertiary/aromatic N) is 5. The number of aromatic nitrogens is 4. The van der Waals surface area contributed by atoms with Gasteiger partial charge in [-0.05, 0) is 11.6 Å². The molecule has 1 atom stereocenters. The van der Waals surface area contributed by atoms with E-state index in [1.807, 2.05) is 43.0 Å². The van der Waals surface area contributed by atoms with Crippen molar-refractivity contribution >= 4 is 22.6 Å². The number of fused-ring (bicyclic) bond motifs is 1. The van der Waals surface area contributed by atoms with Gasteiger partial charge in [-0.2, -0.15) is 0 Å². The third-order valence-electron chi connectivity index (χ3n) is 5.88. The van der Waals surface area contributed by atoms with E-state index in [0.717, 1.165) is 59.7 Å². The van der Waals surface area contributed by atoms with Gasteiger partial charge in [0.25, 0.3) is 5.90 Å². The second kappa shape index (κ2) is 8.05. The molecular formula is C24H22N6O2. The van der Waals surface area contributed by atoms with Gasteiger partial charge in [-0.1, -0.05) is 30.3 Å². The van der Waals surface area contributed by atoms with Gasteiger partial charge in [0.05, 0.1) is 25.1 Å². The first-order chi connectivity index (χ1) is 15.8. The Morgan fingerprint density at radius 2 is 1.78 bits per heavy atom. The van der Waals surface area contributed by atoms with Crippen molar-refractivity contribution in [1.29, 1.82) is 0 Å². The number of hydrogen-bond donors (Lipinski definition) is 1. The summed E-state index contributed by atoms with van der Waals surface area (Å²) in [6, 6.07) is 12.3. The Bertz CT molecular complexity index is 1260. The molecule has 8 nitrogen and oxygen atoms in total. The molecule has 2 aliphatic rings. The Morgan fingerprint density at radius 3 is 2.59 bits per heavy atom. The lowest BCUT2D eigenvalue weighted by atomic mass is 10.1. The molecule has 8 heteroatoms. The number of ether oxygens (including phenoxy) is 2. The van der Waals surface area contributed by atoms with Gasteiger partial charge in [0.2, 0.25) is 5.82 Å². The van der Waals surface area contributed by atoms with E-state index in [-0.39, 0.29) is 6.04 Å². The first kappa shape index (κ1) is 18.9. The zero-order valence-corrected chi connectivity index (χ0v) is 17.4. The fourth-order valence-corrected chi connectivity index (χ4v) is 4.15. The van der Waals surface area contributed by atoms with Gasteiger partial charge in [0.1, 0.15) is 18.3 Å². The fourth-order valence-electron chi connectivity index (χ4n) is 4.15. The van der Waals surface area contributed by atoms with Crippen LogP contribution < -0.4 is 4.90 Å². The van der Waals surface area contributed by atoms with E-state index in [0.29, 0.717) is 18.3 Å². The number of hydrogen-bond acceptors (Lipinski definition) is 7. The molecular weight excluding hydrogens is 404 g/mol. The minimum atomic E-state index is -0.0206. The van der Waals surface area contributed by atoms with Crippen LogP contribution in [0.2, 0.25) is 0 Å². The number of aliphatic imine (C=N–C) groups is 1. The average Bonchev–Trinajstić information content (AvgIpc) is 3.53. The lowest BCUT2D eigenvalue weighted by molar-refractivity contribution is 0.122. The van der Waals surface area contributed by atoms with Gasteiger partial charge in [0, 0.05) is 48.2 Å². The molecule has 1 saturated heterocycles. The molecule has 1 aromatic carbocycles. The third-order valence-corrected chi connectivity index (χ3v) is 5.88. The fraction of sp³-hybridized carbons (Fsp3) is 0.250. The van der Waals surface area contributed by atoms with Crippen LogP contribution in [0.5, 0.6) is 0 Å². The normalized spacial score (nSPS) is 18.6. The van der Waals surface area contributed by atoms with E-state index in [4.69, 9.17) is 9.47 Å². The maximum Gasteiger partial charge on any atom is 0.255 e. The van der Waals surface area contributed by atoms with E-state index in [1.54, 1.807) is 0 Å². The van der Waals surface area contributed by atoms with E-state index in [2.05, 4.69) is 48.0 Å². The Morgan fingerprint density at radius 1 is 0.969 bits per heavy atom. The summed E-state index contributed by atoms with van der Waals surface area (Å²) in [6.07, 6.45) is 7.49. The topological polar surface area (TPSA) is 88.5 Å². The van der Waals surface area contributed by atoms with Crippen LogP contribution in [0, 0.1) is 0 Å². The number of pyridine rings is 1. The van der Waals surface area contributed by atoms with Gasteiger partial charge in [-0.15, -0.1) is 0 Å². The smallest absolute Gasteiger partial charge is 0.255 e. The van der Waals surface area contributed by atoms with Crippen LogP contribution in [0.1, 0.15) is 17.4 Å². The van der Waals surface area contributed by atoms with Gasteiger partial charge >= 0.3 is 0 Å². The van der Waals surface area contributed by atoms with Crippen molar-refractivity contribution in [2.24, 2.45) is 4.99 Å². The van der Waals surface area contributed by atoms with Crippen molar-refractivity contribution in [1.82, 2.24) is 19.9 Å². The number of nitrogens with one attached hydrogen (secondary N) is 1. The molecule has 4 aromatic rings. The van der Waals surface area contributed by atoms with E-state index < -0.39 is 0 Å². The second-order valence-corrected chi connectivity index (χ2v) is 7.86. The summed E-state index contributed by atoms with van der Waals surface area (Å²) >= 11 is 0. The third kappa shape index (κ3) is 3.48. The molecule has 0 unspecified atom stereocenters. The molecule has 0 spiro atoms. The standard InChI is InChI=1S/C24H22N6O2/c1-2-4-16(5-3-1)21-15-32-24(29-21)23-25-11-17(12-26-23)20-14-28-22-19(20)10-18(13-27-22)30-6-8-31-9-7-30/h1-5,10-14,21H,6-9,15H2,(H,27,28)/t21-/m0/s1. The molecule has 0 amide bonds. The number of morpholine rings is 1. The first-order valence-electron chi connectivity index (χ1n) is 10.7. The summed E-state index contributed by atoms with van der Waals surface area (Å²) in [6.45, 7) is 3.73. The Kier molecular flexibility index (Phi) is 4.77. The Hall–Kier alpha value is -3.78. The molecule has 1 fully saturated rings. The number of aromatic amines is 1. The van der Waals surface area contributed by atoms with Crippen molar-refractivity contribution in [2.75, 3.05) is 37.8 Å². The second-order valence-electron chi connectivity index (χ2n) is 7.86. The van der Waals surface area contributed by atoms with E-state index in [1.165, 1.54) is 0 Å². The van der Waals surface area contributed by atoms with E-state index >= 15 is 0 Å². The van der Waals surface area contributed by atoms with Crippen LogP contribution in [-0.2, 0) is 9.47 Å². The summed E-state index contributed by atoms with van der Waals surface area (Å²) in [7, 11) is 0. The molecule has 0 saturated carbocycles. The predicted molar refractivity (Wildman–Crippen MR) is 122 cm³/mol. The maximum atomic E-state index is 5.78. The number of anilines is 1. The summed E-state index contributed by atoms with van der Waals surface area (Å²) in [4.78, 5) is 23.9. The molecule has 5 heterocycles. The Balaban J connectivity index is 1.27. The number of rotatable bonds is 4. The quantitative estimate of drug-likeness (QED) is 0.538. The molecule has 3 aromatic heterocycles. The van der Waals surface area contributed by atoms with Crippen molar-refractivity contribution in [3.8, 4) is 11.1 Å². The van der Waals surface area contributed by atoms with Crippen LogP contribution in [-0.4, -0.2) is 58.7 Å². The number of benzene rings is 1. The highest BCUT2D eigenvalue weighted by molar-refractivity contribution is 5.96. The summed E-state index contributed by atoms with van der Waals surface area (Å²) in [5.41, 5.74) is 5.00. The number of H-pyrrole nitrogens is 1. The zero-order valence-electron chi connectivity index (χ0n) is 17.4. The lowest BCUT2D eigenvalue weighted by Gasteiger charge is -2.28. The van der Waals surface area contributed by atoms with Gasteiger partial charge < -0.3 is 19.4 Å². The van der Waals surface area contributed by atoms with Crippen LogP contribution in [0.25, 0.3) is 22.2 Å². The predicted octanol–water partition coefficient (Wildman–Crippen LogP) is 3.37. The van der Waals surface area contributed by atoms with Crippen LogP contribution in [0.15, 0.2) is 66.2 Å². The van der Waals surface area contributed by atoms with E-state index in [9.17, 15) is 0 Å². The molecule has 1 N–H and O–H groups in total. The summed E-state index contributed by atoms with van der Waals surface area (Å²) < 4.78 is 11.2. The lowest BCUT2D eigenvalue weighted by Crippen LogP contribution is -2.36. The highest BCUT2D eigenvalue weighted by Crippen LogP contribution is 2.30. The molecule has 0 aliphatic carbocycles. The van der Waals surface area contributed by atoms with Gasteiger partial charge in [-0.25, -0.2) is 19.9 Å². The molecule has 0 bridgehead atoms.